The summed E-state index contributed by atoms with van der Waals surface area (Å²) in [6.07, 6.45) is 15.7. The number of hydrogen-bond acceptors (Lipinski definition) is 2. The summed E-state index contributed by atoms with van der Waals surface area (Å²) in [6, 6.07) is 4.10. The third kappa shape index (κ3) is 4.13. The summed E-state index contributed by atoms with van der Waals surface area (Å²) < 4.78 is 7.22. The van der Waals surface area contributed by atoms with Crippen molar-refractivity contribution >= 4 is 14.1 Å². The van der Waals surface area contributed by atoms with Gasteiger partial charge in [-0.15, -0.1) is 0 Å². The van der Waals surface area contributed by atoms with Gasteiger partial charge in [0.25, 0.3) is 0 Å². The van der Waals surface area contributed by atoms with E-state index in [0.29, 0.717) is 23.2 Å². The fraction of sp³-hybridized carbons (Fsp3) is 0.964. The normalized spacial score (nSPS) is 42.7. The van der Waals surface area contributed by atoms with Crippen LogP contribution in [0.2, 0.25) is 18.1 Å². The van der Waals surface area contributed by atoms with Gasteiger partial charge in [0, 0.05) is 17.9 Å². The zero-order chi connectivity index (χ0) is 22.3. The molecular formula is C28H50O2Si. The van der Waals surface area contributed by atoms with Crippen molar-refractivity contribution in [3.63, 3.8) is 0 Å². The lowest BCUT2D eigenvalue weighted by atomic mass is 9.45. The minimum Gasteiger partial charge on any atom is -0.414 e. The molecule has 0 N–H and O–H groups in total. The van der Waals surface area contributed by atoms with Crippen molar-refractivity contribution in [3.05, 3.63) is 0 Å². The van der Waals surface area contributed by atoms with Crippen LogP contribution in [-0.2, 0) is 9.22 Å². The quantitative estimate of drug-likeness (QED) is 0.351. The number of fused-ring (bicyclic) bond motifs is 5. The van der Waals surface area contributed by atoms with Gasteiger partial charge in [-0.1, -0.05) is 53.9 Å². The Kier molecular flexibility index (Phi) is 7.15. The van der Waals surface area contributed by atoms with E-state index in [1.807, 2.05) is 0 Å². The van der Waals surface area contributed by atoms with Crippen LogP contribution >= 0.6 is 0 Å². The van der Waals surface area contributed by atoms with Gasteiger partial charge in [0.15, 0.2) is 8.32 Å². The number of ketones is 1. The molecule has 0 aromatic carbocycles. The Bertz CT molecular complexity index is 630. The summed E-state index contributed by atoms with van der Waals surface area (Å²) in [5.74, 6) is 3.80. The molecule has 4 rings (SSSR count). The molecule has 4 saturated carbocycles. The van der Waals surface area contributed by atoms with E-state index in [9.17, 15) is 4.79 Å². The smallest absolute Gasteiger partial charge is 0.193 e. The van der Waals surface area contributed by atoms with Crippen molar-refractivity contribution in [2.24, 2.45) is 34.5 Å². The van der Waals surface area contributed by atoms with E-state index in [1.54, 1.807) is 0 Å². The molecule has 0 aliphatic heterocycles. The second kappa shape index (κ2) is 9.24. The minimum atomic E-state index is -1.57. The average molecular weight is 447 g/mol. The van der Waals surface area contributed by atoms with Crippen molar-refractivity contribution in [1.29, 1.82) is 0 Å². The highest BCUT2D eigenvalue weighted by atomic mass is 28.4. The number of carbonyl (C=O) groups is 1. The van der Waals surface area contributed by atoms with Crippen LogP contribution in [0.1, 0.15) is 112 Å². The maximum absolute atomic E-state index is 12.7. The van der Waals surface area contributed by atoms with Crippen LogP contribution in [0.15, 0.2) is 0 Å². The molecule has 2 nitrogen and oxygen atoms in total. The SMILES string of the molecule is CCC[Si](CCC)(CCC)O[C@@H]1CC[C@@]2(C)[C@@H](CC[C@@H]3[C@@H]2CC[C@]2(C)C(=O)CC[C@@H]32)C1. The van der Waals surface area contributed by atoms with Gasteiger partial charge in [-0.2, -0.15) is 0 Å². The lowest BCUT2D eigenvalue weighted by Crippen LogP contribution is -2.55. The molecule has 0 heterocycles. The number of Topliss-reactive ketones (excluding diaryl/α,β-unsaturated/α-hetero) is 1. The molecule has 4 aliphatic carbocycles. The first-order chi connectivity index (χ1) is 14.8. The first kappa shape index (κ1) is 24.0. The number of hydrogen-bond donors (Lipinski definition) is 0. The molecule has 4 fully saturated rings. The van der Waals surface area contributed by atoms with Crippen LogP contribution in [0.3, 0.4) is 0 Å². The summed E-state index contributed by atoms with van der Waals surface area (Å²) in [7, 11) is -1.57. The van der Waals surface area contributed by atoms with E-state index in [1.165, 1.54) is 88.8 Å². The van der Waals surface area contributed by atoms with Gasteiger partial charge in [0.1, 0.15) is 5.78 Å². The Morgan fingerprint density at radius 1 is 0.871 bits per heavy atom. The van der Waals surface area contributed by atoms with Gasteiger partial charge in [0.2, 0.25) is 0 Å². The van der Waals surface area contributed by atoms with Crippen molar-refractivity contribution < 1.29 is 9.22 Å². The molecule has 178 valence electrons. The maximum Gasteiger partial charge on any atom is 0.193 e. The Morgan fingerprint density at radius 3 is 2.19 bits per heavy atom. The topological polar surface area (TPSA) is 26.3 Å². The van der Waals surface area contributed by atoms with E-state index in [0.717, 1.165) is 24.2 Å². The van der Waals surface area contributed by atoms with Crippen LogP contribution in [0.4, 0.5) is 0 Å². The second-order valence-electron chi connectivity index (χ2n) is 12.5. The zero-order valence-electron chi connectivity index (χ0n) is 21.3. The fourth-order valence-electron chi connectivity index (χ4n) is 9.37. The van der Waals surface area contributed by atoms with Gasteiger partial charge in [-0.05, 0) is 98.6 Å². The van der Waals surface area contributed by atoms with E-state index in [-0.39, 0.29) is 5.41 Å². The Labute approximate surface area is 193 Å². The Balaban J connectivity index is 1.46. The molecule has 0 aromatic rings. The van der Waals surface area contributed by atoms with Crippen molar-refractivity contribution in [3.8, 4) is 0 Å². The molecule has 3 heteroatoms. The van der Waals surface area contributed by atoms with Crippen LogP contribution in [0.5, 0.6) is 0 Å². The lowest BCUT2D eigenvalue weighted by Gasteiger charge is -2.60. The molecule has 0 aromatic heterocycles. The Hall–Kier alpha value is -0.153. The molecule has 0 amide bonds. The molecule has 0 spiro atoms. The zero-order valence-corrected chi connectivity index (χ0v) is 22.3. The van der Waals surface area contributed by atoms with Crippen LogP contribution < -0.4 is 0 Å². The third-order valence-electron chi connectivity index (χ3n) is 10.9. The van der Waals surface area contributed by atoms with Gasteiger partial charge >= 0.3 is 0 Å². The van der Waals surface area contributed by atoms with Crippen LogP contribution in [0, 0.1) is 34.5 Å². The first-order valence-electron chi connectivity index (χ1n) is 14.0. The average Bonchev–Trinajstić information content (AvgIpc) is 3.04. The van der Waals surface area contributed by atoms with E-state index < -0.39 is 8.32 Å². The van der Waals surface area contributed by atoms with Crippen molar-refractivity contribution in [2.75, 3.05) is 0 Å². The molecular weight excluding hydrogens is 396 g/mol. The molecule has 0 unspecified atom stereocenters. The first-order valence-corrected chi connectivity index (χ1v) is 16.6. The predicted molar refractivity (Wildman–Crippen MR) is 133 cm³/mol. The second-order valence-corrected chi connectivity index (χ2v) is 16.6. The highest BCUT2D eigenvalue weighted by Gasteiger charge is 2.60. The lowest BCUT2D eigenvalue weighted by molar-refractivity contribution is -0.141. The maximum atomic E-state index is 12.7. The highest BCUT2D eigenvalue weighted by molar-refractivity contribution is 6.73. The van der Waals surface area contributed by atoms with Gasteiger partial charge in [0.05, 0.1) is 0 Å². The number of carbonyl (C=O) groups excluding carboxylic acids is 1. The fourth-order valence-corrected chi connectivity index (χ4v) is 14.1. The van der Waals surface area contributed by atoms with Gasteiger partial charge in [-0.3, -0.25) is 4.79 Å². The standard InChI is InChI=1S/C28H50O2Si/c1-6-17-31(18-7-2,19-8-3)30-22-13-15-27(4)21(20-22)9-10-23-24-11-12-26(29)28(24,5)16-14-25(23)27/h21-25H,6-20H2,1-5H3/t21-,22+,23-,24-,25-,27-,28-/m0/s1. The highest BCUT2D eigenvalue weighted by Crippen LogP contribution is 2.65. The molecule has 0 bridgehead atoms. The van der Waals surface area contributed by atoms with Gasteiger partial charge < -0.3 is 4.43 Å². The van der Waals surface area contributed by atoms with E-state index in [4.69, 9.17) is 4.43 Å². The van der Waals surface area contributed by atoms with Crippen LogP contribution in [0.25, 0.3) is 0 Å². The molecule has 0 saturated heterocycles. The minimum absolute atomic E-state index is 0.0241. The molecule has 31 heavy (non-hydrogen) atoms. The van der Waals surface area contributed by atoms with Gasteiger partial charge in [-0.25, -0.2) is 0 Å². The van der Waals surface area contributed by atoms with E-state index >= 15 is 0 Å². The predicted octanol–water partition coefficient (Wildman–Crippen LogP) is 8.16. The van der Waals surface area contributed by atoms with Crippen LogP contribution in [-0.4, -0.2) is 20.2 Å². The Morgan fingerprint density at radius 2 is 1.55 bits per heavy atom. The monoisotopic (exact) mass is 446 g/mol. The van der Waals surface area contributed by atoms with E-state index in [2.05, 4.69) is 34.6 Å². The summed E-state index contributed by atoms with van der Waals surface area (Å²) in [4.78, 5) is 12.7. The summed E-state index contributed by atoms with van der Waals surface area (Å²) in [5.41, 5.74) is 0.524. The molecule has 0 radical (unpaired) electrons. The largest absolute Gasteiger partial charge is 0.414 e. The summed E-state index contributed by atoms with van der Waals surface area (Å²) in [6.45, 7) is 12.1. The molecule has 7 atom stereocenters. The van der Waals surface area contributed by atoms with Crippen molar-refractivity contribution in [2.45, 2.75) is 136 Å². The third-order valence-corrected chi connectivity index (χ3v) is 15.9. The summed E-state index contributed by atoms with van der Waals surface area (Å²) >= 11 is 0. The van der Waals surface area contributed by atoms with Crippen molar-refractivity contribution in [1.82, 2.24) is 0 Å². The number of rotatable bonds is 8. The molecule has 4 aliphatic rings. The summed E-state index contributed by atoms with van der Waals surface area (Å²) in [5, 5.41) is 0.